The first-order chi connectivity index (χ1) is 29.7. The number of hydrogen-bond acceptors (Lipinski definition) is 0. The van der Waals surface area contributed by atoms with Crippen molar-refractivity contribution in [2.45, 2.75) is 0 Å². The van der Waals surface area contributed by atoms with Crippen LogP contribution in [0.15, 0.2) is 244 Å². The summed E-state index contributed by atoms with van der Waals surface area (Å²) in [6, 6.07) is 79.4. The van der Waals surface area contributed by atoms with Crippen molar-refractivity contribution in [2.75, 3.05) is 0 Å². The van der Waals surface area contributed by atoms with Crippen LogP contribution in [0.2, 0.25) is 0 Å². The topological polar surface area (TPSA) is 9.86 Å². The highest BCUT2D eigenvalue weighted by molar-refractivity contribution is 6.12. The molecule has 2 nitrogen and oxygen atoms in total. The van der Waals surface area contributed by atoms with E-state index < -0.39 is 0 Å². The van der Waals surface area contributed by atoms with Crippen molar-refractivity contribution >= 4 is 43.6 Å². The summed E-state index contributed by atoms with van der Waals surface area (Å²) in [6.45, 7) is 6.72. The van der Waals surface area contributed by atoms with Gasteiger partial charge < -0.3 is 9.13 Å². The van der Waals surface area contributed by atoms with E-state index in [9.17, 15) is 0 Å². The molecule has 0 aliphatic rings. The number of aromatic nitrogens is 2. The molecule has 0 aliphatic heterocycles. The molecular weight excluding hydrogens is 725 g/mol. The lowest BCUT2D eigenvalue weighted by Crippen LogP contribution is -1.97. The maximum absolute atomic E-state index is 3.36. The van der Waals surface area contributed by atoms with Gasteiger partial charge in [-0.15, -0.1) is 0 Å². The second kappa shape index (κ2) is 15.8. The second-order valence-electron chi connectivity index (χ2n) is 15.0. The molecule has 0 radical (unpaired) electrons. The molecule has 9 aromatic carbocycles. The molecule has 0 aliphatic carbocycles. The van der Waals surface area contributed by atoms with Crippen LogP contribution in [0, 0.1) is 0 Å². The standard InChI is InChI=1S/C54H36N2.C4H6/c1-3-14-37(15-4-1)40-18-13-19-41(34-40)38-26-30-44(31-27-38)55-51-24-11-9-22-47(51)49-35-42(29-33-53(49)55)43-28-32-48-46-21-8-12-25-52(46)56(54(48)36-43)50-23-10-7-20-45(50)39-16-5-2-6-17-39;1-3-4-2/h1-36H;3-4H,1-2H2. The summed E-state index contributed by atoms with van der Waals surface area (Å²) in [5.74, 6) is 0. The number of benzene rings is 9. The zero-order chi connectivity index (χ0) is 40.4. The van der Waals surface area contributed by atoms with E-state index in [4.69, 9.17) is 0 Å². The van der Waals surface area contributed by atoms with Crippen LogP contribution < -0.4 is 0 Å². The van der Waals surface area contributed by atoms with E-state index >= 15 is 0 Å². The summed E-state index contributed by atoms with van der Waals surface area (Å²) in [5, 5.41) is 4.99. The van der Waals surface area contributed by atoms with Crippen LogP contribution in [-0.4, -0.2) is 9.13 Å². The molecule has 2 heteroatoms. The van der Waals surface area contributed by atoms with E-state index in [2.05, 4.69) is 241 Å². The minimum atomic E-state index is 1.15. The quantitative estimate of drug-likeness (QED) is 0.143. The van der Waals surface area contributed by atoms with Crippen molar-refractivity contribution in [3.8, 4) is 55.9 Å². The van der Waals surface area contributed by atoms with Crippen molar-refractivity contribution in [2.24, 2.45) is 0 Å². The lowest BCUT2D eigenvalue weighted by Gasteiger charge is -2.14. The Hall–Kier alpha value is -7.94. The van der Waals surface area contributed by atoms with Crippen LogP contribution in [0.3, 0.4) is 0 Å². The fraction of sp³-hybridized carbons (Fsp3) is 0. The van der Waals surface area contributed by atoms with Crippen LogP contribution in [0.5, 0.6) is 0 Å². The van der Waals surface area contributed by atoms with Crippen molar-refractivity contribution in [1.82, 2.24) is 9.13 Å². The summed E-state index contributed by atoms with van der Waals surface area (Å²) in [6.07, 6.45) is 3.28. The van der Waals surface area contributed by atoms with Gasteiger partial charge >= 0.3 is 0 Å². The van der Waals surface area contributed by atoms with Gasteiger partial charge in [-0.25, -0.2) is 0 Å². The predicted molar refractivity (Wildman–Crippen MR) is 257 cm³/mol. The Morgan fingerprint density at radius 1 is 0.283 bits per heavy atom. The summed E-state index contributed by atoms with van der Waals surface area (Å²) in [5.41, 5.74) is 16.8. The molecule has 0 fully saturated rings. The van der Waals surface area contributed by atoms with Gasteiger partial charge in [0.15, 0.2) is 0 Å². The van der Waals surface area contributed by atoms with E-state index in [-0.39, 0.29) is 0 Å². The molecule has 0 N–H and O–H groups in total. The number of allylic oxidation sites excluding steroid dienone is 2. The smallest absolute Gasteiger partial charge is 0.0547 e. The first-order valence-corrected chi connectivity index (χ1v) is 20.4. The lowest BCUT2D eigenvalue weighted by molar-refractivity contribution is 1.18. The maximum atomic E-state index is 3.36. The minimum absolute atomic E-state index is 1.15. The Balaban J connectivity index is 0.00000104. The Kier molecular flexibility index (Phi) is 9.57. The highest BCUT2D eigenvalue weighted by atomic mass is 15.0. The Morgan fingerprint density at radius 3 is 1.45 bits per heavy atom. The summed E-state index contributed by atoms with van der Waals surface area (Å²) < 4.78 is 4.85. The van der Waals surface area contributed by atoms with E-state index in [1.165, 1.54) is 93.8 Å². The summed E-state index contributed by atoms with van der Waals surface area (Å²) >= 11 is 0. The fourth-order valence-electron chi connectivity index (χ4n) is 8.68. The van der Waals surface area contributed by atoms with Crippen LogP contribution in [0.25, 0.3) is 99.5 Å². The fourth-order valence-corrected chi connectivity index (χ4v) is 8.68. The Bertz CT molecular complexity index is 3320. The van der Waals surface area contributed by atoms with Gasteiger partial charge in [-0.3, -0.25) is 0 Å². The zero-order valence-corrected chi connectivity index (χ0v) is 33.2. The molecule has 60 heavy (non-hydrogen) atoms. The molecule has 2 heterocycles. The number of nitrogens with zero attached hydrogens (tertiary/aromatic N) is 2. The van der Waals surface area contributed by atoms with E-state index in [1.54, 1.807) is 12.2 Å². The third-order valence-electron chi connectivity index (χ3n) is 11.5. The van der Waals surface area contributed by atoms with Crippen molar-refractivity contribution in [3.63, 3.8) is 0 Å². The third kappa shape index (κ3) is 6.51. The van der Waals surface area contributed by atoms with Gasteiger partial charge in [0.05, 0.1) is 27.8 Å². The molecule has 0 unspecified atom stereocenters. The van der Waals surface area contributed by atoms with Crippen molar-refractivity contribution in [1.29, 1.82) is 0 Å². The third-order valence-corrected chi connectivity index (χ3v) is 11.5. The highest BCUT2D eigenvalue weighted by Gasteiger charge is 2.18. The predicted octanol–water partition coefficient (Wildman–Crippen LogP) is 15.9. The van der Waals surface area contributed by atoms with Crippen LogP contribution in [0.1, 0.15) is 0 Å². The van der Waals surface area contributed by atoms with Gasteiger partial charge in [0.2, 0.25) is 0 Å². The molecule has 0 amide bonds. The molecule has 11 aromatic rings. The molecular formula is C58H42N2. The van der Waals surface area contributed by atoms with Crippen molar-refractivity contribution < 1.29 is 0 Å². The first-order valence-electron chi connectivity index (χ1n) is 20.4. The van der Waals surface area contributed by atoms with Gasteiger partial charge in [-0.05, 0) is 93.5 Å². The number of fused-ring (bicyclic) bond motifs is 6. The molecule has 2 aromatic heterocycles. The Labute approximate surface area is 350 Å². The van der Waals surface area contributed by atoms with E-state index in [0.717, 1.165) is 5.69 Å². The molecule has 0 atom stereocenters. The summed E-state index contributed by atoms with van der Waals surface area (Å²) in [4.78, 5) is 0. The van der Waals surface area contributed by atoms with Crippen LogP contribution >= 0.6 is 0 Å². The van der Waals surface area contributed by atoms with Gasteiger partial charge in [0, 0.05) is 32.8 Å². The number of para-hydroxylation sites is 3. The largest absolute Gasteiger partial charge is 0.309 e. The minimum Gasteiger partial charge on any atom is -0.309 e. The molecule has 0 spiro atoms. The van der Waals surface area contributed by atoms with Crippen molar-refractivity contribution in [3.05, 3.63) is 244 Å². The highest BCUT2D eigenvalue weighted by Crippen LogP contribution is 2.40. The van der Waals surface area contributed by atoms with Crippen LogP contribution in [-0.2, 0) is 0 Å². The normalized spacial score (nSPS) is 11.1. The first kappa shape index (κ1) is 36.4. The SMILES string of the molecule is C=CC=C.c1ccc(-c2cccc(-c3ccc(-n4c5ccccc5c5cc(-c6ccc7c8ccccc8n(-c8ccccc8-c8ccccc8)c7c6)ccc54)cc3)c2)cc1. The van der Waals surface area contributed by atoms with Gasteiger partial charge in [0.25, 0.3) is 0 Å². The summed E-state index contributed by atoms with van der Waals surface area (Å²) in [7, 11) is 0. The average molecular weight is 767 g/mol. The molecule has 11 rings (SSSR count). The molecule has 0 saturated carbocycles. The average Bonchev–Trinajstić information content (AvgIpc) is 3.84. The van der Waals surface area contributed by atoms with E-state index in [0.29, 0.717) is 0 Å². The second-order valence-corrected chi connectivity index (χ2v) is 15.0. The van der Waals surface area contributed by atoms with Crippen LogP contribution in [0.4, 0.5) is 0 Å². The number of hydrogen-bond donors (Lipinski definition) is 0. The van der Waals surface area contributed by atoms with E-state index in [1.807, 2.05) is 0 Å². The van der Waals surface area contributed by atoms with Gasteiger partial charge in [0.1, 0.15) is 0 Å². The van der Waals surface area contributed by atoms with Gasteiger partial charge in [-0.2, -0.15) is 0 Å². The molecule has 0 bridgehead atoms. The monoisotopic (exact) mass is 766 g/mol. The number of rotatable bonds is 7. The lowest BCUT2D eigenvalue weighted by atomic mass is 9.99. The maximum Gasteiger partial charge on any atom is 0.0547 e. The van der Waals surface area contributed by atoms with Gasteiger partial charge in [-0.1, -0.05) is 189 Å². The zero-order valence-electron chi connectivity index (χ0n) is 33.2. The molecule has 0 saturated heterocycles. The molecule has 284 valence electrons. The Morgan fingerprint density at radius 2 is 0.750 bits per heavy atom.